The van der Waals surface area contributed by atoms with Crippen molar-refractivity contribution >= 4 is 11.7 Å². The first-order chi connectivity index (χ1) is 6.59. The standard InChI is InChI=1S/C10H17NO3/c1-8-6-11(3-4-14-7-8)10(13)5-9(2)12/h8H,3-7H2,1-2H3. The minimum Gasteiger partial charge on any atom is -0.379 e. The van der Waals surface area contributed by atoms with Crippen LogP contribution in [0.2, 0.25) is 0 Å². The number of rotatable bonds is 2. The van der Waals surface area contributed by atoms with E-state index in [0.29, 0.717) is 32.2 Å². The number of ketones is 1. The largest absolute Gasteiger partial charge is 0.379 e. The Hall–Kier alpha value is -0.900. The van der Waals surface area contributed by atoms with Crippen LogP contribution >= 0.6 is 0 Å². The molecule has 1 unspecified atom stereocenters. The Bertz CT molecular complexity index is 227. The van der Waals surface area contributed by atoms with E-state index in [2.05, 4.69) is 0 Å². The normalized spacial score (nSPS) is 23.0. The molecule has 1 fully saturated rings. The summed E-state index contributed by atoms with van der Waals surface area (Å²) >= 11 is 0. The molecule has 4 heteroatoms. The third-order valence-electron chi connectivity index (χ3n) is 2.19. The molecule has 1 atom stereocenters. The molecule has 1 rings (SSSR count). The molecule has 14 heavy (non-hydrogen) atoms. The molecule has 0 aromatic carbocycles. The van der Waals surface area contributed by atoms with E-state index >= 15 is 0 Å². The Balaban J connectivity index is 2.48. The van der Waals surface area contributed by atoms with Gasteiger partial charge in [-0.3, -0.25) is 9.59 Å². The van der Waals surface area contributed by atoms with Crippen molar-refractivity contribution in [2.75, 3.05) is 26.3 Å². The molecule has 80 valence electrons. The highest BCUT2D eigenvalue weighted by atomic mass is 16.5. The van der Waals surface area contributed by atoms with Gasteiger partial charge in [0, 0.05) is 13.1 Å². The van der Waals surface area contributed by atoms with Crippen molar-refractivity contribution < 1.29 is 14.3 Å². The summed E-state index contributed by atoms with van der Waals surface area (Å²) in [7, 11) is 0. The van der Waals surface area contributed by atoms with Gasteiger partial charge in [-0.25, -0.2) is 0 Å². The van der Waals surface area contributed by atoms with Gasteiger partial charge in [-0.15, -0.1) is 0 Å². The van der Waals surface area contributed by atoms with E-state index < -0.39 is 0 Å². The van der Waals surface area contributed by atoms with Gasteiger partial charge in [0.1, 0.15) is 5.78 Å². The van der Waals surface area contributed by atoms with Gasteiger partial charge in [0.05, 0.1) is 19.6 Å². The highest BCUT2D eigenvalue weighted by Crippen LogP contribution is 2.07. The summed E-state index contributed by atoms with van der Waals surface area (Å²) in [5, 5.41) is 0. The summed E-state index contributed by atoms with van der Waals surface area (Å²) < 4.78 is 5.31. The molecule has 0 saturated carbocycles. The molecule has 0 spiro atoms. The Morgan fingerprint density at radius 1 is 1.50 bits per heavy atom. The molecule has 0 aromatic rings. The molecule has 1 aliphatic heterocycles. The summed E-state index contributed by atoms with van der Waals surface area (Å²) in [6.07, 6.45) is 0.0206. The van der Waals surface area contributed by atoms with Crippen molar-refractivity contribution in [3.8, 4) is 0 Å². The summed E-state index contributed by atoms with van der Waals surface area (Å²) in [5.74, 6) is 0.205. The summed E-state index contributed by atoms with van der Waals surface area (Å²) in [4.78, 5) is 24.1. The second-order valence-electron chi connectivity index (χ2n) is 3.90. The zero-order chi connectivity index (χ0) is 10.6. The molecular weight excluding hydrogens is 182 g/mol. The molecule has 0 bridgehead atoms. The number of carbonyl (C=O) groups excluding carboxylic acids is 2. The van der Waals surface area contributed by atoms with Crippen LogP contribution in [0.25, 0.3) is 0 Å². The predicted molar refractivity (Wildman–Crippen MR) is 51.9 cm³/mol. The lowest BCUT2D eigenvalue weighted by Gasteiger charge is -2.21. The van der Waals surface area contributed by atoms with Crippen LogP contribution in [0.15, 0.2) is 0 Å². The molecule has 1 amide bonds. The van der Waals surface area contributed by atoms with Crippen molar-refractivity contribution in [1.82, 2.24) is 4.90 Å². The van der Waals surface area contributed by atoms with Crippen molar-refractivity contribution in [1.29, 1.82) is 0 Å². The maximum absolute atomic E-state index is 11.6. The monoisotopic (exact) mass is 199 g/mol. The Morgan fingerprint density at radius 2 is 2.21 bits per heavy atom. The van der Waals surface area contributed by atoms with Gasteiger partial charge >= 0.3 is 0 Å². The SMILES string of the molecule is CC(=O)CC(=O)N1CCOCC(C)C1. The number of carbonyl (C=O) groups is 2. The number of hydrogen-bond donors (Lipinski definition) is 0. The van der Waals surface area contributed by atoms with Crippen LogP contribution in [0.1, 0.15) is 20.3 Å². The fraction of sp³-hybridized carbons (Fsp3) is 0.800. The van der Waals surface area contributed by atoms with Crippen molar-refractivity contribution in [2.45, 2.75) is 20.3 Å². The van der Waals surface area contributed by atoms with Crippen LogP contribution in [0, 0.1) is 5.92 Å². The summed E-state index contributed by atoms with van der Waals surface area (Å²) in [6, 6.07) is 0. The third kappa shape index (κ3) is 3.46. The molecule has 0 aliphatic carbocycles. The van der Waals surface area contributed by atoms with Crippen LogP contribution in [-0.2, 0) is 14.3 Å². The third-order valence-corrected chi connectivity index (χ3v) is 2.19. The van der Waals surface area contributed by atoms with E-state index in [1.165, 1.54) is 6.92 Å². The zero-order valence-electron chi connectivity index (χ0n) is 8.78. The molecule has 4 nitrogen and oxygen atoms in total. The average molecular weight is 199 g/mol. The zero-order valence-corrected chi connectivity index (χ0v) is 8.78. The Morgan fingerprint density at radius 3 is 2.86 bits per heavy atom. The predicted octanol–water partition coefficient (Wildman–Crippen LogP) is 0.460. The number of nitrogens with zero attached hydrogens (tertiary/aromatic N) is 1. The molecule has 0 N–H and O–H groups in total. The molecular formula is C10H17NO3. The smallest absolute Gasteiger partial charge is 0.230 e. The topological polar surface area (TPSA) is 46.6 Å². The second-order valence-corrected chi connectivity index (χ2v) is 3.90. The van der Waals surface area contributed by atoms with E-state index in [1.807, 2.05) is 6.92 Å². The van der Waals surface area contributed by atoms with Crippen molar-refractivity contribution in [2.24, 2.45) is 5.92 Å². The summed E-state index contributed by atoms with van der Waals surface area (Å²) in [6.45, 7) is 6.06. The minimum atomic E-state index is -0.0761. The Labute approximate surface area is 84.2 Å². The molecule has 0 aromatic heterocycles. The molecule has 1 aliphatic rings. The van der Waals surface area contributed by atoms with Crippen LogP contribution in [0.4, 0.5) is 0 Å². The van der Waals surface area contributed by atoms with Gasteiger partial charge in [0.2, 0.25) is 5.91 Å². The number of hydrogen-bond acceptors (Lipinski definition) is 3. The lowest BCUT2D eigenvalue weighted by Crippen LogP contribution is -2.36. The van der Waals surface area contributed by atoms with Crippen molar-refractivity contribution in [3.63, 3.8) is 0 Å². The van der Waals surface area contributed by atoms with E-state index in [9.17, 15) is 9.59 Å². The minimum absolute atomic E-state index is 0.0206. The highest BCUT2D eigenvalue weighted by Gasteiger charge is 2.20. The van der Waals surface area contributed by atoms with Gasteiger partial charge in [0.25, 0.3) is 0 Å². The number of ether oxygens (including phenoxy) is 1. The molecule has 0 radical (unpaired) electrons. The Kier molecular flexibility index (Phi) is 4.07. The van der Waals surface area contributed by atoms with Gasteiger partial charge in [0.15, 0.2) is 0 Å². The lowest BCUT2D eigenvalue weighted by atomic mass is 10.2. The van der Waals surface area contributed by atoms with Crippen LogP contribution < -0.4 is 0 Å². The highest BCUT2D eigenvalue weighted by molar-refractivity contribution is 5.96. The van der Waals surface area contributed by atoms with Gasteiger partial charge in [-0.1, -0.05) is 6.92 Å². The van der Waals surface area contributed by atoms with Crippen molar-refractivity contribution in [3.05, 3.63) is 0 Å². The fourth-order valence-corrected chi connectivity index (χ4v) is 1.53. The van der Waals surface area contributed by atoms with E-state index in [1.54, 1.807) is 4.90 Å². The van der Waals surface area contributed by atoms with Crippen LogP contribution in [0.3, 0.4) is 0 Å². The van der Waals surface area contributed by atoms with Gasteiger partial charge in [-0.05, 0) is 12.8 Å². The number of amides is 1. The molecule has 1 heterocycles. The van der Waals surface area contributed by atoms with Crippen LogP contribution in [0.5, 0.6) is 0 Å². The number of Topliss-reactive ketones (excluding diaryl/α,β-unsaturated/α-hetero) is 1. The maximum atomic E-state index is 11.6. The maximum Gasteiger partial charge on any atom is 0.230 e. The van der Waals surface area contributed by atoms with Crippen LogP contribution in [-0.4, -0.2) is 42.9 Å². The quantitative estimate of drug-likeness (QED) is 0.607. The second kappa shape index (κ2) is 5.10. The fourth-order valence-electron chi connectivity index (χ4n) is 1.53. The van der Waals surface area contributed by atoms with E-state index in [4.69, 9.17) is 4.74 Å². The average Bonchev–Trinajstić information content (AvgIpc) is 2.28. The summed E-state index contributed by atoms with van der Waals surface area (Å²) in [5.41, 5.74) is 0. The van der Waals surface area contributed by atoms with Gasteiger partial charge < -0.3 is 9.64 Å². The lowest BCUT2D eigenvalue weighted by molar-refractivity contribution is -0.135. The molecule has 1 saturated heterocycles. The first-order valence-corrected chi connectivity index (χ1v) is 4.94. The first kappa shape index (κ1) is 11.2. The van der Waals surface area contributed by atoms with E-state index in [-0.39, 0.29) is 18.1 Å². The first-order valence-electron chi connectivity index (χ1n) is 4.94. The van der Waals surface area contributed by atoms with E-state index in [0.717, 1.165) is 0 Å². The van der Waals surface area contributed by atoms with Gasteiger partial charge in [-0.2, -0.15) is 0 Å².